The fourth-order valence-electron chi connectivity index (χ4n) is 9.78. The fourth-order valence-corrected chi connectivity index (χ4v) is 9.78. The van der Waals surface area contributed by atoms with E-state index in [1.165, 1.54) is 15.9 Å². The molecule has 15 heteroatoms. The van der Waals surface area contributed by atoms with E-state index in [-0.39, 0.29) is 50.0 Å². The van der Waals surface area contributed by atoms with Gasteiger partial charge in [0.25, 0.3) is 0 Å². The monoisotopic (exact) mass is 856 g/mol. The fraction of sp³-hybridized carbons (Fsp3) is 0.596. The Hall–Kier alpha value is -4.67. The summed E-state index contributed by atoms with van der Waals surface area (Å²) in [6.07, 6.45) is 4.26. The summed E-state index contributed by atoms with van der Waals surface area (Å²) in [7, 11) is 4.94. The lowest BCUT2D eigenvalue weighted by Gasteiger charge is -2.50. The molecule has 0 unspecified atom stereocenters. The van der Waals surface area contributed by atoms with Gasteiger partial charge in [-0.2, -0.15) is 5.06 Å². The largest absolute Gasteiger partial charge is 0.460 e. The molecule has 3 aliphatic carbocycles. The number of ether oxygens (including phenoxy) is 4. The number of likely N-dealkylation sites (N-methyl/N-ethyl adjacent to an activating group) is 2. The van der Waals surface area contributed by atoms with Gasteiger partial charge in [-0.15, -0.1) is 0 Å². The number of hydroxylamine groups is 2. The normalized spacial score (nSPS) is 28.4. The van der Waals surface area contributed by atoms with Crippen molar-refractivity contribution >= 4 is 35.7 Å². The first-order valence-electron chi connectivity index (χ1n) is 21.9. The lowest BCUT2D eigenvalue weighted by molar-refractivity contribution is -0.235. The summed E-state index contributed by atoms with van der Waals surface area (Å²) in [5.74, 6) is -2.64. The molecule has 0 spiro atoms. The molecule has 3 saturated carbocycles. The van der Waals surface area contributed by atoms with Crippen LogP contribution in [0.3, 0.4) is 0 Å². The van der Waals surface area contributed by atoms with E-state index < -0.39 is 89.7 Å². The number of aliphatic hydroxyl groups excluding tert-OH is 1. The molecule has 2 N–H and O–H groups in total. The van der Waals surface area contributed by atoms with E-state index in [0.717, 1.165) is 42.4 Å². The number of amides is 3. The number of nitrogens with one attached hydrogen (secondary N) is 1. The Kier molecular flexibility index (Phi) is 12.1. The minimum absolute atomic E-state index is 0.0343. The van der Waals surface area contributed by atoms with Gasteiger partial charge in [-0.25, -0.2) is 0 Å². The molecule has 62 heavy (non-hydrogen) atoms. The molecule has 6 aliphatic rings. The van der Waals surface area contributed by atoms with Gasteiger partial charge in [0.15, 0.2) is 11.8 Å². The third-order valence-electron chi connectivity index (χ3n) is 13.1. The Morgan fingerprint density at radius 2 is 1.61 bits per heavy atom. The van der Waals surface area contributed by atoms with E-state index in [1.54, 1.807) is 53.1 Å². The Morgan fingerprint density at radius 1 is 0.952 bits per heavy atom. The van der Waals surface area contributed by atoms with Crippen molar-refractivity contribution < 1.29 is 52.9 Å². The molecule has 8 atom stereocenters. The number of carbonyl (C=O) groups is 5. The molecule has 3 amide bonds. The van der Waals surface area contributed by atoms with Crippen LogP contribution in [-0.2, 0) is 60.7 Å². The maximum absolute atomic E-state index is 15.7. The van der Waals surface area contributed by atoms with E-state index in [1.807, 2.05) is 54.6 Å². The summed E-state index contributed by atoms with van der Waals surface area (Å²) in [5.41, 5.74) is 0.170. The smallest absolute Gasteiger partial charge is 0.327 e. The molecule has 3 aliphatic heterocycles. The van der Waals surface area contributed by atoms with Crippen LogP contribution < -0.4 is 5.32 Å². The van der Waals surface area contributed by atoms with Crippen molar-refractivity contribution in [3.05, 3.63) is 77.4 Å². The molecule has 2 aromatic rings. The first kappa shape index (κ1) is 44.0. The van der Waals surface area contributed by atoms with E-state index in [0.29, 0.717) is 0 Å². The van der Waals surface area contributed by atoms with Crippen molar-refractivity contribution in [2.24, 2.45) is 17.3 Å². The SMILES string of the molecule is CN(C)C(=O)C=Cc1ccc(CN2O[C@@H]3[C@H]4OC(C5CC5)(C5CC5)O[C@H]4[C@@H]4C[C@]3(C(=O)N(C)[C@H](Cc3ccccc3)C(=O)N[C@H](CO)CCC(=O)OC(C)(C)C)[C@@H]2C(=O)O4)cc1. The molecule has 0 aromatic heterocycles. The molecule has 2 aromatic carbocycles. The summed E-state index contributed by atoms with van der Waals surface area (Å²) in [6, 6.07) is 13.7. The highest BCUT2D eigenvalue weighted by atomic mass is 16.8. The molecule has 8 rings (SSSR count). The van der Waals surface area contributed by atoms with E-state index in [2.05, 4.69) is 5.32 Å². The van der Waals surface area contributed by atoms with Crippen molar-refractivity contribution in [1.29, 1.82) is 0 Å². The van der Waals surface area contributed by atoms with Gasteiger partial charge in [0.05, 0.1) is 19.2 Å². The number of rotatable bonds is 16. The highest BCUT2D eigenvalue weighted by Crippen LogP contribution is 2.64. The summed E-state index contributed by atoms with van der Waals surface area (Å²) in [4.78, 5) is 79.2. The Labute approximate surface area is 362 Å². The molecule has 334 valence electrons. The molecule has 15 nitrogen and oxygen atoms in total. The summed E-state index contributed by atoms with van der Waals surface area (Å²) in [6.45, 7) is 4.99. The summed E-state index contributed by atoms with van der Waals surface area (Å²) >= 11 is 0. The summed E-state index contributed by atoms with van der Waals surface area (Å²) < 4.78 is 25.6. The topological polar surface area (TPSA) is 173 Å². The summed E-state index contributed by atoms with van der Waals surface area (Å²) in [5, 5.41) is 14.8. The van der Waals surface area contributed by atoms with E-state index in [4.69, 9.17) is 23.8 Å². The quantitative estimate of drug-likeness (QED) is 0.186. The van der Waals surface area contributed by atoms with Crippen molar-refractivity contribution in [2.75, 3.05) is 27.7 Å². The van der Waals surface area contributed by atoms with Crippen LogP contribution in [0.4, 0.5) is 0 Å². The van der Waals surface area contributed by atoms with E-state index >= 15 is 4.79 Å². The molecular weight excluding hydrogens is 797 g/mol. The van der Waals surface area contributed by atoms with Gasteiger partial charge in [-0.3, -0.25) is 28.8 Å². The third kappa shape index (κ3) is 8.66. The van der Waals surface area contributed by atoms with Gasteiger partial charge in [0.1, 0.15) is 41.5 Å². The van der Waals surface area contributed by atoms with Crippen molar-refractivity contribution in [3.8, 4) is 0 Å². The molecule has 0 radical (unpaired) electrons. The number of nitrogens with zero attached hydrogens (tertiary/aromatic N) is 3. The maximum atomic E-state index is 15.7. The van der Waals surface area contributed by atoms with Gasteiger partial charge >= 0.3 is 11.9 Å². The van der Waals surface area contributed by atoms with Gasteiger partial charge < -0.3 is 39.2 Å². The van der Waals surface area contributed by atoms with Crippen LogP contribution in [0.5, 0.6) is 0 Å². The second-order valence-electron chi connectivity index (χ2n) is 19.1. The zero-order valence-corrected chi connectivity index (χ0v) is 36.5. The van der Waals surface area contributed by atoms with Gasteiger partial charge in [0, 0.05) is 58.3 Å². The van der Waals surface area contributed by atoms with Crippen LogP contribution in [-0.4, -0.2) is 131 Å². The minimum Gasteiger partial charge on any atom is -0.460 e. The molecule has 2 bridgehead atoms. The van der Waals surface area contributed by atoms with Crippen LogP contribution in [0.15, 0.2) is 60.7 Å². The predicted molar refractivity (Wildman–Crippen MR) is 224 cm³/mol. The Bertz CT molecular complexity index is 2030. The second kappa shape index (κ2) is 17.1. The zero-order chi connectivity index (χ0) is 44.1. The van der Waals surface area contributed by atoms with Crippen molar-refractivity contribution in [2.45, 2.75) is 133 Å². The maximum Gasteiger partial charge on any atom is 0.327 e. The van der Waals surface area contributed by atoms with E-state index in [9.17, 15) is 24.3 Å². The number of hydrogen-bond acceptors (Lipinski definition) is 12. The highest BCUT2D eigenvalue weighted by molar-refractivity contribution is 5.96. The lowest BCUT2D eigenvalue weighted by atomic mass is 9.62. The van der Waals surface area contributed by atoms with Crippen LogP contribution >= 0.6 is 0 Å². The zero-order valence-electron chi connectivity index (χ0n) is 36.5. The molecule has 3 heterocycles. The number of carbonyl (C=O) groups excluding carboxylic acids is 5. The van der Waals surface area contributed by atoms with Gasteiger partial charge in [-0.1, -0.05) is 54.6 Å². The average molecular weight is 857 g/mol. The van der Waals surface area contributed by atoms with Crippen LogP contribution in [0.25, 0.3) is 6.08 Å². The minimum atomic E-state index is -1.53. The molecule has 6 fully saturated rings. The molecular formula is C47H60N4O11. The van der Waals surface area contributed by atoms with Crippen LogP contribution in [0.2, 0.25) is 0 Å². The van der Waals surface area contributed by atoms with Crippen LogP contribution in [0, 0.1) is 17.3 Å². The lowest BCUT2D eigenvalue weighted by Crippen LogP contribution is -2.70. The Morgan fingerprint density at radius 3 is 2.23 bits per heavy atom. The highest BCUT2D eigenvalue weighted by Gasteiger charge is 2.78. The first-order chi connectivity index (χ1) is 29.5. The number of benzene rings is 2. The van der Waals surface area contributed by atoms with Gasteiger partial charge in [-0.05, 0) is 75.6 Å². The first-order valence-corrected chi connectivity index (χ1v) is 21.9. The standard InChI is InChI=1S/C47H60N4O11/c1-45(2,3)59-37(54)23-21-33(27-52)48-42(55)34(24-29-10-8-7-9-11-29)50(6)44(57)46-25-35-38-39(61-47(60-38,31-17-18-31)32-19-20-32)41(46)62-51(40(46)43(56)58-35)26-30-14-12-28(13-15-30)16-22-36(53)49(4)5/h7-16,22,31-35,38-41,52H,17-21,23-27H2,1-6H3,(H,48,55)/t33-,34+,35-,38-,39-,40-,41+,46-/m0/s1. The number of aliphatic hydroxyl groups is 1. The second-order valence-corrected chi connectivity index (χ2v) is 19.1. The predicted octanol–water partition coefficient (Wildman–Crippen LogP) is 3.56. The molecule has 3 saturated heterocycles. The number of hydrogen-bond donors (Lipinski definition) is 2. The Balaban J connectivity index is 1.11. The average Bonchev–Trinajstić information content (AvgIpc) is 4.19. The van der Waals surface area contributed by atoms with Gasteiger partial charge in [0.2, 0.25) is 17.7 Å². The van der Waals surface area contributed by atoms with Crippen molar-refractivity contribution in [1.82, 2.24) is 20.2 Å². The van der Waals surface area contributed by atoms with Crippen molar-refractivity contribution in [3.63, 3.8) is 0 Å². The third-order valence-corrected chi connectivity index (χ3v) is 13.1. The number of fused-ring (bicyclic) bond motifs is 4. The number of esters is 2. The van der Waals surface area contributed by atoms with Crippen LogP contribution in [0.1, 0.15) is 82.4 Å².